The van der Waals surface area contributed by atoms with Crippen LogP contribution in [0.15, 0.2) is 72.0 Å². The second-order valence-electron chi connectivity index (χ2n) is 8.42. The van der Waals surface area contributed by atoms with Gasteiger partial charge < -0.3 is 4.74 Å². The van der Waals surface area contributed by atoms with Crippen molar-refractivity contribution < 1.29 is 13.9 Å². The van der Waals surface area contributed by atoms with Crippen LogP contribution in [-0.4, -0.2) is 21.2 Å². The summed E-state index contributed by atoms with van der Waals surface area (Å²) in [6, 6.07) is 17.3. The first-order valence-electron chi connectivity index (χ1n) is 10.8. The molecule has 0 bridgehead atoms. The Labute approximate surface area is 204 Å². The predicted octanol–water partition coefficient (Wildman–Crippen LogP) is 6.99. The monoisotopic (exact) mass is 493 g/mol. The number of fused-ring (bicyclic) bond motifs is 4. The smallest absolute Gasteiger partial charge is 0.227 e. The van der Waals surface area contributed by atoms with E-state index in [0.29, 0.717) is 22.2 Å². The molecule has 0 saturated heterocycles. The lowest BCUT2D eigenvalue weighted by atomic mass is 9.95. The maximum atomic E-state index is 13.5. The zero-order valence-electron chi connectivity index (χ0n) is 18.0. The SMILES string of the molecule is CC(=O)n1cc([C@H]2Oc3c(Cl)cc(Cl)cc3[C@H]3CC(c4ccc(F)cc4)=NN32)c2ccccc21. The van der Waals surface area contributed by atoms with Gasteiger partial charge in [-0.3, -0.25) is 9.36 Å². The van der Waals surface area contributed by atoms with Crippen LogP contribution in [0.2, 0.25) is 10.0 Å². The fraction of sp³-hybridized carbons (Fsp3) is 0.154. The summed E-state index contributed by atoms with van der Waals surface area (Å²) in [5.41, 5.74) is 4.06. The zero-order valence-corrected chi connectivity index (χ0v) is 19.5. The maximum absolute atomic E-state index is 13.5. The van der Waals surface area contributed by atoms with Gasteiger partial charge in [-0.25, -0.2) is 9.40 Å². The molecule has 8 heteroatoms. The molecule has 0 unspecified atom stereocenters. The molecule has 0 fully saturated rings. The van der Waals surface area contributed by atoms with Gasteiger partial charge in [0.1, 0.15) is 11.6 Å². The van der Waals surface area contributed by atoms with Gasteiger partial charge in [0.2, 0.25) is 12.1 Å². The lowest BCUT2D eigenvalue weighted by molar-refractivity contribution is -0.0180. The molecular weight excluding hydrogens is 476 g/mol. The molecule has 0 radical (unpaired) electrons. The van der Waals surface area contributed by atoms with Crippen molar-refractivity contribution in [2.24, 2.45) is 5.10 Å². The number of rotatable bonds is 2. The van der Waals surface area contributed by atoms with Gasteiger partial charge in [-0.05, 0) is 35.9 Å². The van der Waals surface area contributed by atoms with Crippen molar-refractivity contribution >= 4 is 45.7 Å². The Balaban J connectivity index is 1.54. The molecular formula is C26H18Cl2FN3O2. The van der Waals surface area contributed by atoms with E-state index in [1.165, 1.54) is 19.1 Å². The Bertz CT molecular complexity index is 1500. The summed E-state index contributed by atoms with van der Waals surface area (Å²) < 4.78 is 21.6. The predicted molar refractivity (Wildman–Crippen MR) is 130 cm³/mol. The van der Waals surface area contributed by atoms with Crippen LogP contribution in [0.4, 0.5) is 4.39 Å². The van der Waals surface area contributed by atoms with Crippen molar-refractivity contribution in [3.63, 3.8) is 0 Å². The van der Waals surface area contributed by atoms with Crippen LogP contribution in [0.3, 0.4) is 0 Å². The van der Waals surface area contributed by atoms with E-state index in [1.807, 2.05) is 35.3 Å². The highest BCUT2D eigenvalue weighted by atomic mass is 35.5. The number of halogens is 3. The van der Waals surface area contributed by atoms with E-state index in [2.05, 4.69) is 0 Å². The van der Waals surface area contributed by atoms with E-state index < -0.39 is 6.23 Å². The molecule has 0 aliphatic carbocycles. The summed E-state index contributed by atoms with van der Waals surface area (Å²) >= 11 is 12.9. The topological polar surface area (TPSA) is 46.8 Å². The summed E-state index contributed by atoms with van der Waals surface area (Å²) in [7, 11) is 0. The quantitative estimate of drug-likeness (QED) is 0.302. The first-order valence-corrected chi connectivity index (χ1v) is 11.5. The molecule has 1 aromatic heterocycles. The Morgan fingerprint density at radius 2 is 1.85 bits per heavy atom. The van der Waals surface area contributed by atoms with E-state index >= 15 is 0 Å². The largest absolute Gasteiger partial charge is 0.463 e. The fourth-order valence-corrected chi connectivity index (χ4v) is 5.35. The summed E-state index contributed by atoms with van der Waals surface area (Å²) in [5, 5.41) is 8.61. The Hall–Kier alpha value is -3.35. The molecule has 2 aliphatic rings. The number of para-hydroxylation sites is 1. The second-order valence-corrected chi connectivity index (χ2v) is 9.26. The first kappa shape index (κ1) is 21.2. The normalized spacial score (nSPS) is 18.9. The molecule has 4 aromatic rings. The highest BCUT2D eigenvalue weighted by molar-refractivity contribution is 6.35. The molecule has 34 heavy (non-hydrogen) atoms. The molecule has 0 amide bonds. The minimum atomic E-state index is -0.625. The van der Waals surface area contributed by atoms with E-state index in [0.717, 1.165) is 33.3 Å². The Morgan fingerprint density at radius 3 is 2.62 bits per heavy atom. The van der Waals surface area contributed by atoms with Crippen LogP contribution in [0.5, 0.6) is 5.75 Å². The zero-order chi connectivity index (χ0) is 23.6. The van der Waals surface area contributed by atoms with Crippen LogP contribution in [0.25, 0.3) is 10.9 Å². The summed E-state index contributed by atoms with van der Waals surface area (Å²) in [5.74, 6) is 0.145. The van der Waals surface area contributed by atoms with Crippen molar-refractivity contribution in [1.29, 1.82) is 0 Å². The number of hydrogen-bond acceptors (Lipinski definition) is 4. The van der Waals surface area contributed by atoms with Crippen molar-refractivity contribution in [3.8, 4) is 5.75 Å². The average Bonchev–Trinajstić information content (AvgIpc) is 3.42. The molecule has 2 aliphatic heterocycles. The molecule has 2 atom stereocenters. The number of hydrazone groups is 1. The van der Waals surface area contributed by atoms with Crippen LogP contribution in [0.1, 0.15) is 47.1 Å². The number of hydrogen-bond donors (Lipinski definition) is 0. The molecule has 0 N–H and O–H groups in total. The highest BCUT2D eigenvalue weighted by Gasteiger charge is 2.43. The van der Waals surface area contributed by atoms with Gasteiger partial charge >= 0.3 is 0 Å². The van der Waals surface area contributed by atoms with E-state index in [9.17, 15) is 9.18 Å². The molecule has 6 rings (SSSR count). The van der Waals surface area contributed by atoms with Gasteiger partial charge in [0.25, 0.3) is 0 Å². The van der Waals surface area contributed by atoms with Crippen LogP contribution >= 0.6 is 23.2 Å². The molecule has 0 spiro atoms. The van der Waals surface area contributed by atoms with Crippen LogP contribution in [-0.2, 0) is 0 Å². The second kappa shape index (κ2) is 7.86. The number of nitrogens with zero attached hydrogens (tertiary/aromatic N) is 3. The van der Waals surface area contributed by atoms with Crippen molar-refractivity contribution in [2.75, 3.05) is 0 Å². The fourth-order valence-electron chi connectivity index (χ4n) is 4.80. The van der Waals surface area contributed by atoms with Gasteiger partial charge in [-0.15, -0.1) is 0 Å². The van der Waals surface area contributed by atoms with Crippen LogP contribution in [0, 0.1) is 5.82 Å². The van der Waals surface area contributed by atoms with E-state index in [1.54, 1.807) is 29.0 Å². The third-order valence-corrected chi connectivity index (χ3v) is 6.83. The Morgan fingerprint density at radius 1 is 1.09 bits per heavy atom. The summed E-state index contributed by atoms with van der Waals surface area (Å²) in [4.78, 5) is 12.4. The summed E-state index contributed by atoms with van der Waals surface area (Å²) in [6.45, 7) is 1.52. The lowest BCUT2D eigenvalue weighted by Gasteiger charge is -2.38. The summed E-state index contributed by atoms with van der Waals surface area (Å²) in [6.07, 6.45) is 1.75. The Kier molecular flexibility index (Phi) is 4.90. The third-order valence-electron chi connectivity index (χ3n) is 6.33. The maximum Gasteiger partial charge on any atom is 0.227 e. The standard InChI is InChI=1S/C26H18Cl2FN3O2/c1-14(33)31-13-20(18-4-2-3-5-23(18)31)26-32-24(19-10-16(27)11-21(28)25(19)34-26)12-22(30-32)15-6-8-17(29)9-7-15/h2-11,13,24,26H,12H2,1H3/t24-,26-/m1/s1. The molecule has 170 valence electrons. The lowest BCUT2D eigenvalue weighted by Crippen LogP contribution is -2.33. The molecule has 0 saturated carbocycles. The molecule has 5 nitrogen and oxygen atoms in total. The van der Waals surface area contributed by atoms with E-state index in [-0.39, 0.29) is 17.8 Å². The highest BCUT2D eigenvalue weighted by Crippen LogP contribution is 2.51. The third kappa shape index (κ3) is 3.29. The minimum absolute atomic E-state index is 0.100. The number of carbonyl (C=O) groups is 1. The number of carbonyl (C=O) groups excluding carboxylic acids is 1. The van der Waals surface area contributed by atoms with Gasteiger partial charge in [0, 0.05) is 41.1 Å². The van der Waals surface area contributed by atoms with Crippen LogP contribution < -0.4 is 4.74 Å². The van der Waals surface area contributed by atoms with E-state index in [4.69, 9.17) is 33.0 Å². The number of aromatic nitrogens is 1. The van der Waals surface area contributed by atoms with Gasteiger partial charge in [0.05, 0.1) is 22.3 Å². The number of ether oxygens (including phenoxy) is 1. The van der Waals surface area contributed by atoms with Crippen molar-refractivity contribution in [1.82, 2.24) is 9.58 Å². The number of benzene rings is 3. The first-order chi connectivity index (χ1) is 16.4. The molecule has 3 aromatic carbocycles. The van der Waals surface area contributed by atoms with Gasteiger partial charge in [-0.2, -0.15) is 5.10 Å². The van der Waals surface area contributed by atoms with Crippen molar-refractivity contribution in [3.05, 3.63) is 99.4 Å². The van der Waals surface area contributed by atoms with Gasteiger partial charge in [-0.1, -0.05) is 53.5 Å². The average molecular weight is 494 g/mol. The van der Waals surface area contributed by atoms with Gasteiger partial charge in [0.15, 0.2) is 0 Å². The van der Waals surface area contributed by atoms with Crippen molar-refractivity contribution in [2.45, 2.75) is 25.6 Å². The minimum Gasteiger partial charge on any atom is -0.463 e. The molecule has 3 heterocycles.